The molecule has 0 aliphatic carbocycles. The first kappa shape index (κ1) is 16.8. The fraction of sp³-hybridized carbons (Fsp3) is 0.529. The number of carbonyl (C=O) groups excluding carboxylic acids is 2. The number of halogens is 1. The van der Waals surface area contributed by atoms with Crippen molar-refractivity contribution in [2.45, 2.75) is 27.2 Å². The Balaban J connectivity index is 2.04. The third kappa shape index (κ3) is 4.01. The van der Waals surface area contributed by atoms with Gasteiger partial charge in [0.25, 0.3) is 5.91 Å². The second kappa shape index (κ2) is 6.69. The standard InChI is InChI=1S/C17H23ClN2O2/c1-17(2,3)16(22)20-9-5-8-19(10-11-20)15(21)13-6-4-7-14(18)12-13/h4,6-7,12H,5,8-11H2,1-3H3. The quantitative estimate of drug-likeness (QED) is 0.797. The minimum absolute atomic E-state index is 0.0208. The molecule has 1 aromatic carbocycles. The third-order valence-electron chi connectivity index (χ3n) is 3.78. The molecular weight excluding hydrogens is 300 g/mol. The summed E-state index contributed by atoms with van der Waals surface area (Å²) in [6.07, 6.45) is 0.800. The SMILES string of the molecule is CC(C)(C)C(=O)N1CCCN(C(=O)c2cccc(Cl)c2)CC1. The first-order valence-corrected chi connectivity index (χ1v) is 8.01. The maximum Gasteiger partial charge on any atom is 0.253 e. The van der Waals surface area contributed by atoms with Gasteiger partial charge in [-0.1, -0.05) is 38.4 Å². The molecule has 1 fully saturated rings. The van der Waals surface area contributed by atoms with Gasteiger partial charge in [0.2, 0.25) is 5.91 Å². The number of rotatable bonds is 1. The van der Waals surface area contributed by atoms with E-state index in [0.717, 1.165) is 6.42 Å². The lowest BCUT2D eigenvalue weighted by molar-refractivity contribution is -0.139. The Bertz CT molecular complexity index is 566. The van der Waals surface area contributed by atoms with Crippen LogP contribution in [0, 0.1) is 5.41 Å². The number of carbonyl (C=O) groups is 2. The predicted octanol–water partition coefficient (Wildman–Crippen LogP) is 3.06. The lowest BCUT2D eigenvalue weighted by Crippen LogP contribution is -2.42. The Morgan fingerprint density at radius 3 is 2.32 bits per heavy atom. The smallest absolute Gasteiger partial charge is 0.253 e. The molecule has 0 saturated carbocycles. The van der Waals surface area contributed by atoms with Crippen LogP contribution < -0.4 is 0 Å². The van der Waals surface area contributed by atoms with Crippen molar-refractivity contribution in [2.75, 3.05) is 26.2 Å². The van der Waals surface area contributed by atoms with E-state index in [2.05, 4.69) is 0 Å². The molecule has 0 atom stereocenters. The molecule has 5 heteroatoms. The molecule has 1 aliphatic heterocycles. The minimum Gasteiger partial charge on any atom is -0.340 e. The highest BCUT2D eigenvalue weighted by Crippen LogP contribution is 2.19. The normalized spacial score (nSPS) is 16.4. The van der Waals surface area contributed by atoms with Crippen molar-refractivity contribution in [3.63, 3.8) is 0 Å². The van der Waals surface area contributed by atoms with Crippen LogP contribution in [-0.4, -0.2) is 47.8 Å². The van der Waals surface area contributed by atoms with Gasteiger partial charge in [-0.25, -0.2) is 0 Å². The average Bonchev–Trinajstić information content (AvgIpc) is 2.70. The first-order valence-electron chi connectivity index (χ1n) is 7.63. The van der Waals surface area contributed by atoms with Gasteiger partial charge in [-0.15, -0.1) is 0 Å². The second-order valence-electron chi connectivity index (χ2n) is 6.70. The van der Waals surface area contributed by atoms with Crippen LogP contribution in [0.25, 0.3) is 0 Å². The van der Waals surface area contributed by atoms with E-state index in [1.54, 1.807) is 24.3 Å². The van der Waals surface area contributed by atoms with Gasteiger partial charge in [-0.05, 0) is 24.6 Å². The molecule has 0 spiro atoms. The van der Waals surface area contributed by atoms with Crippen LogP contribution in [0.2, 0.25) is 5.02 Å². The molecule has 120 valence electrons. The van der Waals surface area contributed by atoms with E-state index >= 15 is 0 Å². The predicted molar refractivity (Wildman–Crippen MR) is 88.0 cm³/mol. The van der Waals surface area contributed by atoms with Crippen molar-refractivity contribution >= 4 is 23.4 Å². The molecule has 1 heterocycles. The lowest BCUT2D eigenvalue weighted by atomic mass is 9.94. The van der Waals surface area contributed by atoms with Crippen molar-refractivity contribution in [3.8, 4) is 0 Å². The van der Waals surface area contributed by atoms with Gasteiger partial charge in [0.05, 0.1) is 0 Å². The summed E-state index contributed by atoms with van der Waals surface area (Å²) in [5, 5.41) is 0.560. The molecule has 0 N–H and O–H groups in total. The molecule has 1 aromatic rings. The van der Waals surface area contributed by atoms with E-state index in [4.69, 9.17) is 11.6 Å². The van der Waals surface area contributed by atoms with E-state index in [1.165, 1.54) is 0 Å². The third-order valence-corrected chi connectivity index (χ3v) is 4.02. The Labute approximate surface area is 137 Å². The van der Waals surface area contributed by atoms with Crippen LogP contribution in [0.5, 0.6) is 0 Å². The highest BCUT2D eigenvalue weighted by molar-refractivity contribution is 6.30. The molecule has 22 heavy (non-hydrogen) atoms. The van der Waals surface area contributed by atoms with Crippen LogP contribution in [0.4, 0.5) is 0 Å². The Morgan fingerprint density at radius 1 is 1.05 bits per heavy atom. The summed E-state index contributed by atoms with van der Waals surface area (Å²) in [6, 6.07) is 7.00. The summed E-state index contributed by atoms with van der Waals surface area (Å²) in [7, 11) is 0. The van der Waals surface area contributed by atoms with Crippen molar-refractivity contribution in [1.29, 1.82) is 0 Å². The Morgan fingerprint density at radius 2 is 1.68 bits per heavy atom. The van der Waals surface area contributed by atoms with Gasteiger partial charge in [-0.3, -0.25) is 9.59 Å². The van der Waals surface area contributed by atoms with Crippen molar-refractivity contribution in [1.82, 2.24) is 9.80 Å². The fourth-order valence-electron chi connectivity index (χ4n) is 2.60. The molecule has 0 bridgehead atoms. The van der Waals surface area contributed by atoms with Gasteiger partial charge < -0.3 is 9.80 Å². The van der Waals surface area contributed by atoms with E-state index in [0.29, 0.717) is 36.8 Å². The largest absolute Gasteiger partial charge is 0.340 e. The monoisotopic (exact) mass is 322 g/mol. The minimum atomic E-state index is -0.383. The zero-order valence-electron chi connectivity index (χ0n) is 13.4. The van der Waals surface area contributed by atoms with Gasteiger partial charge in [0.15, 0.2) is 0 Å². The van der Waals surface area contributed by atoms with Crippen molar-refractivity contribution in [3.05, 3.63) is 34.9 Å². The van der Waals surface area contributed by atoms with E-state index in [1.807, 2.05) is 30.6 Å². The molecular formula is C17H23ClN2O2. The van der Waals surface area contributed by atoms with E-state index < -0.39 is 0 Å². The maximum absolute atomic E-state index is 12.5. The summed E-state index contributed by atoms with van der Waals surface area (Å²) < 4.78 is 0. The van der Waals surface area contributed by atoms with Gasteiger partial charge in [0.1, 0.15) is 0 Å². The molecule has 1 saturated heterocycles. The van der Waals surface area contributed by atoms with Crippen LogP contribution in [0.3, 0.4) is 0 Å². The Kier molecular flexibility index (Phi) is 5.12. The molecule has 2 rings (SSSR count). The topological polar surface area (TPSA) is 40.6 Å². The van der Waals surface area contributed by atoms with Gasteiger partial charge in [0, 0.05) is 42.2 Å². The molecule has 2 amide bonds. The summed E-state index contributed by atoms with van der Waals surface area (Å²) in [5.41, 5.74) is 0.217. The summed E-state index contributed by atoms with van der Waals surface area (Å²) in [6.45, 7) is 8.30. The van der Waals surface area contributed by atoms with E-state index in [-0.39, 0.29) is 17.2 Å². The van der Waals surface area contributed by atoms with Crippen LogP contribution in [0.1, 0.15) is 37.6 Å². The maximum atomic E-state index is 12.5. The molecule has 0 radical (unpaired) electrons. The number of amides is 2. The summed E-state index contributed by atoms with van der Waals surface area (Å²) in [5.74, 6) is 0.122. The molecule has 0 aromatic heterocycles. The van der Waals surface area contributed by atoms with Crippen LogP contribution >= 0.6 is 11.6 Å². The van der Waals surface area contributed by atoms with Crippen LogP contribution in [0.15, 0.2) is 24.3 Å². The van der Waals surface area contributed by atoms with Crippen molar-refractivity contribution in [2.24, 2.45) is 5.41 Å². The molecule has 4 nitrogen and oxygen atoms in total. The zero-order valence-corrected chi connectivity index (χ0v) is 14.2. The highest BCUT2D eigenvalue weighted by Gasteiger charge is 2.29. The highest BCUT2D eigenvalue weighted by atomic mass is 35.5. The molecule has 0 unspecified atom stereocenters. The van der Waals surface area contributed by atoms with Crippen LogP contribution in [-0.2, 0) is 4.79 Å². The number of benzene rings is 1. The number of nitrogens with zero attached hydrogens (tertiary/aromatic N) is 2. The number of hydrogen-bond donors (Lipinski definition) is 0. The Hall–Kier alpha value is -1.55. The van der Waals surface area contributed by atoms with Gasteiger partial charge >= 0.3 is 0 Å². The fourth-order valence-corrected chi connectivity index (χ4v) is 2.79. The summed E-state index contributed by atoms with van der Waals surface area (Å²) in [4.78, 5) is 28.6. The van der Waals surface area contributed by atoms with E-state index in [9.17, 15) is 9.59 Å². The average molecular weight is 323 g/mol. The number of hydrogen-bond acceptors (Lipinski definition) is 2. The van der Waals surface area contributed by atoms with Gasteiger partial charge in [-0.2, -0.15) is 0 Å². The molecule has 1 aliphatic rings. The van der Waals surface area contributed by atoms with Crippen molar-refractivity contribution < 1.29 is 9.59 Å². The lowest BCUT2D eigenvalue weighted by Gasteiger charge is -2.28. The summed E-state index contributed by atoms with van der Waals surface area (Å²) >= 11 is 5.95. The first-order chi connectivity index (χ1) is 10.3. The zero-order chi connectivity index (χ0) is 16.3. The second-order valence-corrected chi connectivity index (χ2v) is 7.13.